The van der Waals surface area contributed by atoms with Gasteiger partial charge in [0, 0.05) is 22.1 Å². The van der Waals surface area contributed by atoms with Gasteiger partial charge in [0.2, 0.25) is 0 Å². The third kappa shape index (κ3) is 3.30. The molecule has 1 aliphatic rings. The first-order valence-electron chi connectivity index (χ1n) is 5.79. The topological polar surface area (TPSA) is 46.2 Å². The van der Waals surface area contributed by atoms with Crippen molar-refractivity contribution in [1.82, 2.24) is 5.32 Å². The lowest BCUT2D eigenvalue weighted by atomic mass is 10.1. The fourth-order valence-electron chi connectivity index (χ4n) is 2.13. The lowest BCUT2D eigenvalue weighted by Gasteiger charge is -2.20. The van der Waals surface area contributed by atoms with Gasteiger partial charge in [-0.1, -0.05) is 15.9 Å². The maximum absolute atomic E-state index is 13.8. The van der Waals surface area contributed by atoms with E-state index in [-0.39, 0.29) is 23.4 Å². The van der Waals surface area contributed by atoms with Crippen molar-refractivity contribution in [3.05, 3.63) is 34.1 Å². The zero-order valence-corrected chi connectivity index (χ0v) is 12.4. The number of sulfone groups is 1. The van der Waals surface area contributed by atoms with E-state index in [0.717, 1.165) is 4.47 Å². The van der Waals surface area contributed by atoms with E-state index >= 15 is 0 Å². The fourth-order valence-corrected chi connectivity index (χ4v) is 4.17. The maximum Gasteiger partial charge on any atom is 0.152 e. The summed E-state index contributed by atoms with van der Waals surface area (Å²) in [6.45, 7) is 1.92. The fraction of sp³-hybridized carbons (Fsp3) is 0.500. The average molecular weight is 336 g/mol. The van der Waals surface area contributed by atoms with Crippen LogP contribution in [-0.2, 0) is 9.84 Å². The molecule has 6 heteroatoms. The van der Waals surface area contributed by atoms with Crippen molar-refractivity contribution in [3.63, 3.8) is 0 Å². The van der Waals surface area contributed by atoms with Crippen molar-refractivity contribution < 1.29 is 12.8 Å². The molecule has 1 aromatic rings. The highest BCUT2D eigenvalue weighted by molar-refractivity contribution is 9.10. The standard InChI is InChI=1S/C12H15BrFNO2S/c1-8-4-5-18(16,17)7-12(15-8)10-6-9(13)2-3-11(10)14/h2-3,6,8,12,15H,4-5,7H2,1H3. The zero-order chi connectivity index (χ0) is 13.3. The molecule has 1 aromatic carbocycles. The number of halogens is 2. The molecule has 0 aromatic heterocycles. The third-order valence-corrected chi connectivity index (χ3v) is 5.29. The minimum Gasteiger partial charge on any atom is -0.306 e. The molecule has 18 heavy (non-hydrogen) atoms. The predicted octanol–water partition coefficient (Wildman–Crippen LogP) is 2.43. The van der Waals surface area contributed by atoms with E-state index in [1.54, 1.807) is 12.1 Å². The molecule has 1 fully saturated rings. The molecular weight excluding hydrogens is 321 g/mol. The maximum atomic E-state index is 13.8. The van der Waals surface area contributed by atoms with Gasteiger partial charge in [0.05, 0.1) is 11.5 Å². The minimum atomic E-state index is -3.12. The first kappa shape index (κ1) is 14.0. The highest BCUT2D eigenvalue weighted by Crippen LogP contribution is 2.25. The monoisotopic (exact) mass is 335 g/mol. The summed E-state index contributed by atoms with van der Waals surface area (Å²) in [4.78, 5) is 0. The van der Waals surface area contributed by atoms with Gasteiger partial charge in [-0.25, -0.2) is 12.8 Å². The Morgan fingerprint density at radius 3 is 2.89 bits per heavy atom. The first-order valence-corrected chi connectivity index (χ1v) is 8.40. The molecule has 0 saturated carbocycles. The van der Waals surface area contributed by atoms with E-state index in [1.807, 2.05) is 6.92 Å². The van der Waals surface area contributed by atoms with Crippen LogP contribution in [0.5, 0.6) is 0 Å². The van der Waals surface area contributed by atoms with E-state index in [4.69, 9.17) is 0 Å². The number of rotatable bonds is 1. The van der Waals surface area contributed by atoms with Gasteiger partial charge in [-0.05, 0) is 31.5 Å². The Kier molecular flexibility index (Phi) is 4.08. The Bertz CT molecular complexity index is 547. The Hall–Kier alpha value is -0.460. The van der Waals surface area contributed by atoms with Crippen molar-refractivity contribution in [2.45, 2.75) is 25.4 Å². The van der Waals surface area contributed by atoms with Gasteiger partial charge >= 0.3 is 0 Å². The third-order valence-electron chi connectivity index (χ3n) is 3.10. The predicted molar refractivity (Wildman–Crippen MR) is 72.7 cm³/mol. The highest BCUT2D eigenvalue weighted by atomic mass is 79.9. The largest absolute Gasteiger partial charge is 0.306 e. The van der Waals surface area contributed by atoms with Crippen LogP contribution >= 0.6 is 15.9 Å². The van der Waals surface area contributed by atoms with Crippen molar-refractivity contribution >= 4 is 25.8 Å². The van der Waals surface area contributed by atoms with Crippen molar-refractivity contribution in [2.75, 3.05) is 11.5 Å². The van der Waals surface area contributed by atoms with Crippen LogP contribution in [0.4, 0.5) is 4.39 Å². The van der Waals surface area contributed by atoms with E-state index < -0.39 is 15.9 Å². The summed E-state index contributed by atoms with van der Waals surface area (Å²) in [7, 11) is -3.12. The molecule has 3 nitrogen and oxygen atoms in total. The average Bonchev–Trinajstić information content (AvgIpc) is 2.41. The van der Waals surface area contributed by atoms with Crippen LogP contribution in [0, 0.1) is 5.82 Å². The Morgan fingerprint density at radius 2 is 2.17 bits per heavy atom. The van der Waals surface area contributed by atoms with Crippen LogP contribution in [0.3, 0.4) is 0 Å². The Labute approximate surface area is 115 Å². The van der Waals surface area contributed by atoms with Gasteiger partial charge < -0.3 is 5.32 Å². The minimum absolute atomic E-state index is 0.0509. The summed E-state index contributed by atoms with van der Waals surface area (Å²) in [6.07, 6.45) is 0.564. The van der Waals surface area contributed by atoms with Crippen LogP contribution in [0.2, 0.25) is 0 Å². The second-order valence-corrected chi connectivity index (χ2v) is 7.83. The molecule has 2 unspecified atom stereocenters. The summed E-state index contributed by atoms with van der Waals surface area (Å²) in [5.74, 6) is -0.266. The SMILES string of the molecule is CC1CCS(=O)(=O)CC(c2cc(Br)ccc2F)N1. The Balaban J connectivity index is 2.38. The number of hydrogen-bond donors (Lipinski definition) is 1. The molecule has 1 aliphatic heterocycles. The van der Waals surface area contributed by atoms with E-state index in [2.05, 4.69) is 21.2 Å². The number of benzene rings is 1. The molecule has 1 N–H and O–H groups in total. The lowest BCUT2D eigenvalue weighted by Crippen LogP contribution is -2.31. The highest BCUT2D eigenvalue weighted by Gasteiger charge is 2.28. The molecule has 100 valence electrons. The van der Waals surface area contributed by atoms with E-state index in [1.165, 1.54) is 6.07 Å². The molecule has 1 heterocycles. The van der Waals surface area contributed by atoms with Crippen molar-refractivity contribution in [2.24, 2.45) is 0 Å². The summed E-state index contributed by atoms with van der Waals surface area (Å²) in [6, 6.07) is 4.17. The second kappa shape index (κ2) is 5.27. The summed E-state index contributed by atoms with van der Waals surface area (Å²) in [5, 5.41) is 3.18. The molecule has 2 atom stereocenters. The zero-order valence-electron chi connectivity index (χ0n) is 9.99. The first-order chi connectivity index (χ1) is 8.37. The van der Waals surface area contributed by atoms with Gasteiger partial charge in [-0.3, -0.25) is 0 Å². The molecule has 0 radical (unpaired) electrons. The van der Waals surface area contributed by atoms with Gasteiger partial charge in [0.25, 0.3) is 0 Å². The van der Waals surface area contributed by atoms with E-state index in [0.29, 0.717) is 12.0 Å². The molecule has 2 rings (SSSR count). The van der Waals surface area contributed by atoms with Crippen LogP contribution < -0.4 is 5.32 Å². The lowest BCUT2D eigenvalue weighted by molar-refractivity contribution is 0.467. The molecule has 1 saturated heterocycles. The van der Waals surface area contributed by atoms with Gasteiger partial charge in [-0.15, -0.1) is 0 Å². The number of hydrogen-bond acceptors (Lipinski definition) is 3. The van der Waals surface area contributed by atoms with Crippen molar-refractivity contribution in [1.29, 1.82) is 0 Å². The van der Waals surface area contributed by atoms with Gasteiger partial charge in [-0.2, -0.15) is 0 Å². The molecule has 0 aliphatic carbocycles. The van der Waals surface area contributed by atoms with Crippen LogP contribution in [0.25, 0.3) is 0 Å². The van der Waals surface area contributed by atoms with Crippen LogP contribution in [0.1, 0.15) is 24.9 Å². The smallest absolute Gasteiger partial charge is 0.152 e. The van der Waals surface area contributed by atoms with Crippen LogP contribution in [0.15, 0.2) is 22.7 Å². The van der Waals surface area contributed by atoms with Gasteiger partial charge in [0.15, 0.2) is 9.84 Å². The van der Waals surface area contributed by atoms with E-state index in [9.17, 15) is 12.8 Å². The quantitative estimate of drug-likeness (QED) is 0.857. The van der Waals surface area contributed by atoms with Crippen molar-refractivity contribution in [3.8, 4) is 0 Å². The molecule has 0 bridgehead atoms. The number of nitrogens with one attached hydrogen (secondary N) is 1. The van der Waals surface area contributed by atoms with Crippen LogP contribution in [-0.4, -0.2) is 26.0 Å². The Morgan fingerprint density at radius 1 is 1.44 bits per heavy atom. The second-order valence-electron chi connectivity index (χ2n) is 4.69. The normalized spacial score (nSPS) is 27.7. The summed E-state index contributed by atoms with van der Waals surface area (Å²) >= 11 is 3.28. The summed E-state index contributed by atoms with van der Waals surface area (Å²) in [5.41, 5.74) is 0.404. The molecule has 0 amide bonds. The van der Waals surface area contributed by atoms with Gasteiger partial charge in [0.1, 0.15) is 5.82 Å². The summed E-state index contributed by atoms with van der Waals surface area (Å²) < 4.78 is 38.2. The molecular formula is C12H15BrFNO2S. The molecule has 0 spiro atoms.